The summed E-state index contributed by atoms with van der Waals surface area (Å²) in [6.07, 6.45) is 5.14. The lowest BCUT2D eigenvalue weighted by atomic mass is 9.88. The van der Waals surface area contributed by atoms with E-state index in [1.165, 1.54) is 35.6 Å². The van der Waals surface area contributed by atoms with Crippen molar-refractivity contribution in [2.24, 2.45) is 11.7 Å². The highest BCUT2D eigenvalue weighted by Crippen LogP contribution is 2.39. The van der Waals surface area contributed by atoms with Gasteiger partial charge in [-0.1, -0.05) is 24.6 Å². The summed E-state index contributed by atoms with van der Waals surface area (Å²) >= 11 is 7.32. The highest BCUT2D eigenvalue weighted by molar-refractivity contribution is 7.17. The monoisotopic (exact) mass is 392 g/mol. The van der Waals surface area contributed by atoms with E-state index in [1.807, 2.05) is 0 Å². The minimum atomic E-state index is -0.548. The van der Waals surface area contributed by atoms with Gasteiger partial charge in [-0.3, -0.25) is 9.59 Å². The van der Waals surface area contributed by atoms with Crippen LogP contribution in [0, 0.1) is 11.7 Å². The molecule has 1 heterocycles. The number of halogens is 2. The molecule has 0 spiro atoms. The average molecular weight is 393 g/mol. The Hall–Kier alpha value is -2.18. The predicted octanol–water partition coefficient (Wildman–Crippen LogP) is 4.42. The SMILES string of the molecule is CC1CCc2c(sc(NC(=O)C=Cc3c(F)cccc3Cl)c2C(N)=O)C1. The number of fused-ring (bicyclic) bond motifs is 1. The lowest BCUT2D eigenvalue weighted by Gasteiger charge is -2.18. The number of nitrogens with one attached hydrogen (secondary N) is 1. The topological polar surface area (TPSA) is 72.2 Å². The quantitative estimate of drug-likeness (QED) is 0.756. The first kappa shape index (κ1) is 18.6. The van der Waals surface area contributed by atoms with Crippen molar-refractivity contribution in [3.8, 4) is 0 Å². The van der Waals surface area contributed by atoms with E-state index in [9.17, 15) is 14.0 Å². The van der Waals surface area contributed by atoms with Crippen LogP contribution in [0.4, 0.5) is 9.39 Å². The molecule has 3 rings (SSSR count). The van der Waals surface area contributed by atoms with Crippen LogP contribution in [0.15, 0.2) is 24.3 Å². The number of hydrogen-bond donors (Lipinski definition) is 2. The summed E-state index contributed by atoms with van der Waals surface area (Å²) in [4.78, 5) is 25.2. The van der Waals surface area contributed by atoms with E-state index in [2.05, 4.69) is 12.2 Å². The number of anilines is 1. The Kier molecular flexibility index (Phi) is 5.44. The number of carbonyl (C=O) groups excluding carboxylic acids is 2. The smallest absolute Gasteiger partial charge is 0.251 e. The van der Waals surface area contributed by atoms with Crippen molar-refractivity contribution in [1.82, 2.24) is 0 Å². The molecule has 1 aromatic carbocycles. The Morgan fingerprint density at radius 2 is 2.19 bits per heavy atom. The van der Waals surface area contributed by atoms with Crippen molar-refractivity contribution < 1.29 is 14.0 Å². The zero-order valence-corrected chi connectivity index (χ0v) is 15.7. The Labute approximate surface area is 159 Å². The summed E-state index contributed by atoms with van der Waals surface area (Å²) < 4.78 is 13.8. The van der Waals surface area contributed by atoms with E-state index >= 15 is 0 Å². The van der Waals surface area contributed by atoms with Crippen LogP contribution in [0.1, 0.15) is 39.7 Å². The summed E-state index contributed by atoms with van der Waals surface area (Å²) in [6, 6.07) is 4.30. The van der Waals surface area contributed by atoms with Crippen molar-refractivity contribution >= 4 is 45.8 Å². The van der Waals surface area contributed by atoms with E-state index in [-0.39, 0.29) is 10.6 Å². The van der Waals surface area contributed by atoms with E-state index in [1.54, 1.807) is 6.07 Å². The van der Waals surface area contributed by atoms with E-state index in [4.69, 9.17) is 17.3 Å². The van der Waals surface area contributed by atoms with Gasteiger partial charge in [0.25, 0.3) is 5.91 Å². The van der Waals surface area contributed by atoms with Crippen molar-refractivity contribution in [1.29, 1.82) is 0 Å². The molecule has 3 N–H and O–H groups in total. The largest absolute Gasteiger partial charge is 0.365 e. The molecule has 1 aromatic heterocycles. The highest BCUT2D eigenvalue weighted by atomic mass is 35.5. The third kappa shape index (κ3) is 3.81. The number of benzene rings is 1. The van der Waals surface area contributed by atoms with Crippen molar-refractivity contribution in [3.05, 3.63) is 56.7 Å². The fourth-order valence-electron chi connectivity index (χ4n) is 3.08. The first-order chi connectivity index (χ1) is 12.4. The molecule has 1 aliphatic carbocycles. The second-order valence-corrected chi connectivity index (χ2v) is 7.89. The highest BCUT2D eigenvalue weighted by Gasteiger charge is 2.26. The Morgan fingerprint density at radius 1 is 1.42 bits per heavy atom. The van der Waals surface area contributed by atoms with E-state index in [0.717, 1.165) is 29.7 Å². The fraction of sp³-hybridized carbons (Fsp3) is 0.263. The van der Waals surface area contributed by atoms with Gasteiger partial charge in [0.15, 0.2) is 0 Å². The minimum absolute atomic E-state index is 0.138. The molecule has 1 atom stereocenters. The Balaban J connectivity index is 1.84. The summed E-state index contributed by atoms with van der Waals surface area (Å²) in [5, 5.41) is 3.36. The summed E-state index contributed by atoms with van der Waals surface area (Å²) in [6.45, 7) is 2.16. The van der Waals surface area contributed by atoms with Gasteiger partial charge in [0.05, 0.1) is 10.6 Å². The van der Waals surface area contributed by atoms with E-state index < -0.39 is 17.6 Å². The molecule has 7 heteroatoms. The van der Waals surface area contributed by atoms with Gasteiger partial charge in [-0.25, -0.2) is 4.39 Å². The standard InChI is InChI=1S/C19H18ClFN2O2S/c1-10-5-6-12-15(9-10)26-19(17(12)18(22)25)23-16(24)8-7-11-13(20)3-2-4-14(11)21/h2-4,7-8,10H,5-6,9H2,1H3,(H2,22,25)(H,23,24). The number of hydrogen-bond acceptors (Lipinski definition) is 3. The average Bonchev–Trinajstić information content (AvgIpc) is 2.91. The second-order valence-electron chi connectivity index (χ2n) is 6.38. The summed E-state index contributed by atoms with van der Waals surface area (Å²) in [5.41, 5.74) is 7.00. The van der Waals surface area contributed by atoms with Crippen molar-refractivity contribution in [2.75, 3.05) is 5.32 Å². The number of carbonyl (C=O) groups is 2. The van der Waals surface area contributed by atoms with Crippen LogP contribution in [0.3, 0.4) is 0 Å². The van der Waals surface area contributed by atoms with Gasteiger partial charge in [-0.05, 0) is 49.0 Å². The van der Waals surface area contributed by atoms with Crippen LogP contribution >= 0.6 is 22.9 Å². The molecule has 4 nitrogen and oxygen atoms in total. The maximum Gasteiger partial charge on any atom is 0.251 e. The zero-order valence-electron chi connectivity index (χ0n) is 14.1. The zero-order chi connectivity index (χ0) is 18.8. The number of primary amides is 1. The van der Waals surface area contributed by atoms with Crippen LogP contribution in [0.5, 0.6) is 0 Å². The van der Waals surface area contributed by atoms with Crippen LogP contribution in [0.2, 0.25) is 5.02 Å². The van der Waals surface area contributed by atoms with Gasteiger partial charge in [0, 0.05) is 16.5 Å². The molecule has 0 saturated carbocycles. The number of amides is 2. The molecule has 2 amide bonds. The van der Waals surface area contributed by atoms with Gasteiger partial charge >= 0.3 is 0 Å². The molecule has 1 aliphatic rings. The van der Waals surface area contributed by atoms with Gasteiger partial charge in [-0.15, -0.1) is 11.3 Å². The third-order valence-electron chi connectivity index (χ3n) is 4.40. The maximum absolute atomic E-state index is 13.8. The maximum atomic E-state index is 13.8. The van der Waals surface area contributed by atoms with Crippen LogP contribution in [0.25, 0.3) is 6.08 Å². The van der Waals surface area contributed by atoms with Gasteiger partial charge in [0.2, 0.25) is 5.91 Å². The first-order valence-corrected chi connectivity index (χ1v) is 9.43. The van der Waals surface area contributed by atoms with Gasteiger partial charge in [0.1, 0.15) is 10.8 Å². The summed E-state index contributed by atoms with van der Waals surface area (Å²) in [5.74, 6) is -1.000. The summed E-state index contributed by atoms with van der Waals surface area (Å²) in [7, 11) is 0. The molecule has 0 fully saturated rings. The molecule has 0 saturated heterocycles. The number of rotatable bonds is 4. The number of thiophene rings is 1. The van der Waals surface area contributed by atoms with Crippen LogP contribution < -0.4 is 11.1 Å². The second kappa shape index (κ2) is 7.60. The number of nitrogens with two attached hydrogens (primary N) is 1. The fourth-order valence-corrected chi connectivity index (χ4v) is 4.73. The Morgan fingerprint density at radius 3 is 2.88 bits per heavy atom. The molecule has 0 radical (unpaired) electrons. The molecule has 26 heavy (non-hydrogen) atoms. The minimum Gasteiger partial charge on any atom is -0.365 e. The molecular formula is C19H18ClFN2O2S. The van der Waals surface area contributed by atoms with Crippen molar-refractivity contribution in [2.45, 2.75) is 26.2 Å². The lowest BCUT2D eigenvalue weighted by Crippen LogP contribution is -2.18. The molecule has 2 aromatic rings. The van der Waals surface area contributed by atoms with Gasteiger partial charge < -0.3 is 11.1 Å². The van der Waals surface area contributed by atoms with Crippen LogP contribution in [-0.2, 0) is 17.6 Å². The lowest BCUT2D eigenvalue weighted by molar-refractivity contribution is -0.111. The molecule has 0 aliphatic heterocycles. The predicted molar refractivity (Wildman–Crippen MR) is 103 cm³/mol. The third-order valence-corrected chi connectivity index (χ3v) is 5.90. The normalized spacial score (nSPS) is 16.5. The van der Waals surface area contributed by atoms with Crippen molar-refractivity contribution in [3.63, 3.8) is 0 Å². The van der Waals surface area contributed by atoms with Gasteiger partial charge in [-0.2, -0.15) is 0 Å². The first-order valence-electron chi connectivity index (χ1n) is 8.24. The van der Waals surface area contributed by atoms with E-state index in [0.29, 0.717) is 16.5 Å². The molecule has 0 bridgehead atoms. The molecular weight excluding hydrogens is 375 g/mol. The molecule has 136 valence electrons. The molecule has 1 unspecified atom stereocenters. The van der Waals surface area contributed by atoms with Crippen LogP contribution in [-0.4, -0.2) is 11.8 Å². The Bertz CT molecular complexity index is 887.